The van der Waals surface area contributed by atoms with Gasteiger partial charge in [-0.15, -0.1) is 0 Å². The molecule has 32 heavy (non-hydrogen) atoms. The van der Waals surface area contributed by atoms with Crippen molar-refractivity contribution in [3.63, 3.8) is 0 Å². The molecule has 2 aromatic heterocycles. The van der Waals surface area contributed by atoms with E-state index in [1.165, 1.54) is 18.2 Å². The summed E-state index contributed by atoms with van der Waals surface area (Å²) in [5.74, 6) is -0.915. The van der Waals surface area contributed by atoms with Gasteiger partial charge in [-0.25, -0.2) is 4.79 Å². The number of furan rings is 1. The highest BCUT2D eigenvalue weighted by Crippen LogP contribution is 2.32. The van der Waals surface area contributed by atoms with E-state index in [1.807, 2.05) is 34.9 Å². The number of hydrogen-bond acceptors (Lipinski definition) is 3. The van der Waals surface area contributed by atoms with Crippen LogP contribution in [0, 0.1) is 11.3 Å². The lowest BCUT2D eigenvalue weighted by Gasteiger charge is -2.08. The third-order valence-electron chi connectivity index (χ3n) is 4.94. The number of para-hydroxylation sites is 1. The Morgan fingerprint density at radius 2 is 1.91 bits per heavy atom. The van der Waals surface area contributed by atoms with Crippen molar-refractivity contribution in [1.29, 1.82) is 5.26 Å². The van der Waals surface area contributed by atoms with E-state index in [9.17, 15) is 23.2 Å². The Bertz CT molecular complexity index is 1390. The molecule has 0 bridgehead atoms. The minimum atomic E-state index is -4.51. The van der Waals surface area contributed by atoms with Crippen LogP contribution in [0.3, 0.4) is 0 Å². The van der Waals surface area contributed by atoms with Gasteiger partial charge in [-0.05, 0) is 42.0 Å². The maximum atomic E-state index is 13.1. The molecule has 0 aliphatic heterocycles. The summed E-state index contributed by atoms with van der Waals surface area (Å²) in [6.07, 6.45) is -1.22. The van der Waals surface area contributed by atoms with E-state index in [4.69, 9.17) is 9.52 Å². The first-order valence-corrected chi connectivity index (χ1v) is 9.45. The SMILES string of the molecule is N#C/C(=C/c1cn(Cc2ccc(C(=O)O)o2)c2ccccc12)c1cccc(C(F)(F)F)c1. The fourth-order valence-electron chi connectivity index (χ4n) is 3.47. The van der Waals surface area contributed by atoms with Gasteiger partial charge in [0.25, 0.3) is 0 Å². The van der Waals surface area contributed by atoms with Gasteiger partial charge in [-0.3, -0.25) is 0 Å². The van der Waals surface area contributed by atoms with E-state index < -0.39 is 17.7 Å². The molecule has 4 rings (SSSR count). The predicted octanol–water partition coefficient (Wildman–Crippen LogP) is 6.06. The number of fused-ring (bicyclic) bond motifs is 1. The van der Waals surface area contributed by atoms with E-state index >= 15 is 0 Å². The van der Waals surface area contributed by atoms with Crippen molar-refractivity contribution in [2.45, 2.75) is 12.7 Å². The molecular weight excluding hydrogens is 421 g/mol. The maximum absolute atomic E-state index is 13.1. The van der Waals surface area contributed by atoms with E-state index in [2.05, 4.69) is 0 Å². The summed E-state index contributed by atoms with van der Waals surface area (Å²) in [7, 11) is 0. The smallest absolute Gasteiger partial charge is 0.416 e. The van der Waals surface area contributed by atoms with Crippen LogP contribution in [0.25, 0.3) is 22.6 Å². The first kappa shape index (κ1) is 21.0. The van der Waals surface area contributed by atoms with Gasteiger partial charge in [0.15, 0.2) is 0 Å². The molecule has 0 aliphatic rings. The van der Waals surface area contributed by atoms with Crippen molar-refractivity contribution in [1.82, 2.24) is 4.57 Å². The molecule has 5 nitrogen and oxygen atoms in total. The largest absolute Gasteiger partial charge is 0.475 e. The maximum Gasteiger partial charge on any atom is 0.416 e. The molecule has 2 heterocycles. The Kier molecular flexibility index (Phi) is 5.33. The summed E-state index contributed by atoms with van der Waals surface area (Å²) < 4.78 is 46.4. The normalized spacial score (nSPS) is 12.1. The number of nitriles is 1. The second-order valence-electron chi connectivity index (χ2n) is 7.05. The van der Waals surface area contributed by atoms with E-state index in [-0.39, 0.29) is 23.4 Å². The van der Waals surface area contributed by atoms with Crippen LogP contribution in [0.1, 0.15) is 33.0 Å². The van der Waals surface area contributed by atoms with E-state index in [0.29, 0.717) is 11.3 Å². The second kappa shape index (κ2) is 8.12. The highest BCUT2D eigenvalue weighted by molar-refractivity contribution is 5.98. The Morgan fingerprint density at radius 1 is 1.12 bits per heavy atom. The number of carboxylic acid groups (broad SMARTS) is 1. The summed E-state index contributed by atoms with van der Waals surface area (Å²) in [5.41, 5.74) is 0.861. The van der Waals surface area contributed by atoms with Crippen LogP contribution in [-0.2, 0) is 12.7 Å². The van der Waals surface area contributed by atoms with Crippen LogP contribution in [0.2, 0.25) is 0 Å². The molecule has 0 radical (unpaired) electrons. The third kappa shape index (κ3) is 4.14. The molecular formula is C24H15F3N2O3. The number of aromatic carboxylic acids is 1. The summed E-state index contributed by atoms with van der Waals surface area (Å²) in [6.45, 7) is 0.243. The van der Waals surface area contributed by atoms with Crippen LogP contribution < -0.4 is 0 Å². The molecule has 0 unspecified atom stereocenters. The lowest BCUT2D eigenvalue weighted by Crippen LogP contribution is -2.04. The molecule has 0 saturated heterocycles. The molecule has 0 amide bonds. The average molecular weight is 436 g/mol. The van der Waals surface area contributed by atoms with Crippen molar-refractivity contribution in [2.24, 2.45) is 0 Å². The molecule has 1 N–H and O–H groups in total. The number of aromatic nitrogens is 1. The minimum absolute atomic E-state index is 0.0881. The van der Waals surface area contributed by atoms with Crippen LogP contribution in [0.15, 0.2) is 71.3 Å². The summed E-state index contributed by atoms with van der Waals surface area (Å²) >= 11 is 0. The van der Waals surface area contributed by atoms with Gasteiger partial charge in [0, 0.05) is 22.7 Å². The van der Waals surface area contributed by atoms with Crippen LogP contribution >= 0.6 is 0 Å². The molecule has 2 aromatic carbocycles. The van der Waals surface area contributed by atoms with E-state index in [0.717, 1.165) is 23.0 Å². The molecule has 0 fully saturated rings. The first-order valence-electron chi connectivity index (χ1n) is 9.45. The number of carboxylic acids is 1. The fraction of sp³-hybridized carbons (Fsp3) is 0.0833. The summed E-state index contributed by atoms with van der Waals surface area (Å²) in [4.78, 5) is 11.0. The topological polar surface area (TPSA) is 79.2 Å². The Balaban J connectivity index is 1.76. The number of halogens is 3. The van der Waals surface area contributed by atoms with Crippen LogP contribution in [0.5, 0.6) is 0 Å². The Labute approximate surface area is 180 Å². The molecule has 0 spiro atoms. The number of alkyl halides is 3. The zero-order chi connectivity index (χ0) is 22.9. The molecule has 0 atom stereocenters. The van der Waals surface area contributed by atoms with Crippen molar-refractivity contribution in [3.8, 4) is 6.07 Å². The zero-order valence-electron chi connectivity index (χ0n) is 16.4. The van der Waals surface area contributed by atoms with Gasteiger partial charge in [0.1, 0.15) is 5.76 Å². The van der Waals surface area contributed by atoms with Crippen molar-refractivity contribution in [3.05, 3.63) is 95.1 Å². The monoisotopic (exact) mass is 436 g/mol. The standard InChI is InChI=1S/C24H15F3N2O3/c25-24(26,27)18-5-3-4-15(11-18)16(12-28)10-17-13-29(21-7-2-1-6-20(17)21)14-19-8-9-22(32-19)23(30)31/h1-11,13H,14H2,(H,30,31)/b16-10-. The quantitative estimate of drug-likeness (QED) is 0.386. The highest BCUT2D eigenvalue weighted by atomic mass is 19.4. The highest BCUT2D eigenvalue weighted by Gasteiger charge is 2.30. The number of hydrogen-bond donors (Lipinski definition) is 1. The predicted molar refractivity (Wildman–Crippen MR) is 112 cm³/mol. The van der Waals surface area contributed by atoms with Gasteiger partial charge in [-0.1, -0.05) is 30.3 Å². The molecule has 4 aromatic rings. The van der Waals surface area contributed by atoms with Crippen LogP contribution in [-0.4, -0.2) is 15.6 Å². The van der Waals surface area contributed by atoms with Crippen molar-refractivity contribution in [2.75, 3.05) is 0 Å². The van der Waals surface area contributed by atoms with Crippen molar-refractivity contribution >= 4 is 28.5 Å². The molecule has 0 saturated carbocycles. The number of rotatable bonds is 5. The Hall–Kier alpha value is -4.25. The number of carbonyl (C=O) groups is 1. The lowest BCUT2D eigenvalue weighted by molar-refractivity contribution is -0.137. The minimum Gasteiger partial charge on any atom is -0.475 e. The van der Waals surface area contributed by atoms with Crippen molar-refractivity contribution < 1.29 is 27.5 Å². The number of benzene rings is 2. The van der Waals surface area contributed by atoms with Gasteiger partial charge in [-0.2, -0.15) is 18.4 Å². The summed E-state index contributed by atoms with van der Waals surface area (Å²) in [6, 6.07) is 16.9. The average Bonchev–Trinajstić information content (AvgIpc) is 3.37. The molecule has 0 aliphatic carbocycles. The summed E-state index contributed by atoms with van der Waals surface area (Å²) in [5, 5.41) is 19.5. The van der Waals surface area contributed by atoms with Gasteiger partial charge in [0.05, 0.1) is 23.8 Å². The zero-order valence-corrected chi connectivity index (χ0v) is 16.4. The lowest BCUT2D eigenvalue weighted by atomic mass is 10.0. The second-order valence-corrected chi connectivity index (χ2v) is 7.05. The number of allylic oxidation sites excluding steroid dienone is 1. The van der Waals surface area contributed by atoms with E-state index in [1.54, 1.807) is 18.3 Å². The Morgan fingerprint density at radius 3 is 2.59 bits per heavy atom. The van der Waals surface area contributed by atoms with Gasteiger partial charge < -0.3 is 14.1 Å². The molecule has 8 heteroatoms. The third-order valence-corrected chi connectivity index (χ3v) is 4.94. The first-order chi connectivity index (χ1) is 15.3. The molecule has 160 valence electrons. The fourth-order valence-corrected chi connectivity index (χ4v) is 3.47. The van der Waals surface area contributed by atoms with Crippen LogP contribution in [0.4, 0.5) is 13.2 Å². The van der Waals surface area contributed by atoms with Gasteiger partial charge in [0.2, 0.25) is 5.76 Å². The number of nitrogens with zero attached hydrogens (tertiary/aromatic N) is 2. The van der Waals surface area contributed by atoms with Gasteiger partial charge >= 0.3 is 12.1 Å².